The molecule has 3 N–H and O–H groups in total. The minimum absolute atomic E-state index is 0.106. The van der Waals surface area contributed by atoms with Gasteiger partial charge in [0.25, 0.3) is 0 Å². The molecule has 3 aromatic rings. The zero-order chi connectivity index (χ0) is 23.9. The molecule has 1 aromatic heterocycles. The lowest BCUT2D eigenvalue weighted by molar-refractivity contribution is -0.117. The number of para-hydroxylation sites is 1. The van der Waals surface area contributed by atoms with Crippen molar-refractivity contribution in [3.63, 3.8) is 0 Å². The lowest BCUT2D eigenvalue weighted by Gasteiger charge is -2.28. The predicted octanol–water partition coefficient (Wildman–Crippen LogP) is 4.77. The molecule has 0 saturated heterocycles. The Morgan fingerprint density at radius 3 is 2.79 bits per heavy atom. The second-order valence-electron chi connectivity index (χ2n) is 9.68. The molecule has 8 nitrogen and oxygen atoms in total. The number of carbonyl (C=O) groups excluding carboxylic acids is 1. The third kappa shape index (κ3) is 4.13. The lowest BCUT2D eigenvalue weighted by Crippen LogP contribution is -2.40. The molecule has 0 fully saturated rings. The second kappa shape index (κ2) is 8.34. The van der Waals surface area contributed by atoms with Gasteiger partial charge >= 0.3 is 6.01 Å². The third-order valence-corrected chi connectivity index (χ3v) is 6.23. The topological polar surface area (TPSA) is 112 Å². The Balaban J connectivity index is 1.38. The van der Waals surface area contributed by atoms with Crippen molar-refractivity contribution in [3.05, 3.63) is 65.4 Å². The maximum Gasteiger partial charge on any atom is 0.324 e. The summed E-state index contributed by atoms with van der Waals surface area (Å²) in [7, 11) is 0. The fourth-order valence-electron chi connectivity index (χ4n) is 4.48. The standard InChI is InChI=1S/C26H26N6O2/c1-26(2,3)18-9-8-15(12-27)10-22(18)34-25-29-14-21-23(32-25)30-20(24(33)31-21)11-16-13-28-19-7-5-4-6-17(16)19/h4-10,14,16,20,28H,11,13H2,1-3H3,(H,31,33)(H,29,30,32). The number of fused-ring (bicyclic) bond motifs is 2. The molecule has 2 aromatic carbocycles. The Hall–Kier alpha value is -4.12. The van der Waals surface area contributed by atoms with E-state index in [0.29, 0.717) is 29.2 Å². The summed E-state index contributed by atoms with van der Waals surface area (Å²) in [6.07, 6.45) is 2.17. The van der Waals surface area contributed by atoms with Gasteiger partial charge in [0.05, 0.1) is 17.8 Å². The van der Waals surface area contributed by atoms with Crippen molar-refractivity contribution in [2.45, 2.75) is 44.6 Å². The molecule has 0 aliphatic carbocycles. The van der Waals surface area contributed by atoms with E-state index in [2.05, 4.69) is 64.9 Å². The number of rotatable bonds is 4. The average Bonchev–Trinajstić information content (AvgIpc) is 3.22. The number of nitrogens with one attached hydrogen (secondary N) is 3. The van der Waals surface area contributed by atoms with Gasteiger partial charge in [0.1, 0.15) is 17.5 Å². The molecule has 0 spiro atoms. The number of nitrogens with zero attached hydrogens (tertiary/aromatic N) is 3. The summed E-state index contributed by atoms with van der Waals surface area (Å²) >= 11 is 0. The highest BCUT2D eigenvalue weighted by atomic mass is 16.5. The van der Waals surface area contributed by atoms with Gasteiger partial charge < -0.3 is 20.7 Å². The Morgan fingerprint density at radius 1 is 1.18 bits per heavy atom. The fraction of sp³-hybridized carbons (Fsp3) is 0.308. The minimum atomic E-state index is -0.430. The number of hydrogen-bond acceptors (Lipinski definition) is 7. The monoisotopic (exact) mass is 454 g/mol. The van der Waals surface area contributed by atoms with Crippen molar-refractivity contribution in [1.29, 1.82) is 5.26 Å². The van der Waals surface area contributed by atoms with E-state index in [1.54, 1.807) is 12.1 Å². The SMILES string of the molecule is CC(C)(C)c1ccc(C#N)cc1Oc1ncc2c(n1)NC(CC1CNc3ccccc31)C(=O)N2. The summed E-state index contributed by atoms with van der Waals surface area (Å²) in [5, 5.41) is 18.9. The first kappa shape index (κ1) is 21.7. The van der Waals surface area contributed by atoms with Crippen molar-refractivity contribution in [3.8, 4) is 17.8 Å². The zero-order valence-electron chi connectivity index (χ0n) is 19.3. The molecular weight excluding hydrogens is 428 g/mol. The lowest BCUT2D eigenvalue weighted by atomic mass is 9.86. The summed E-state index contributed by atoms with van der Waals surface area (Å²) < 4.78 is 6.05. The molecule has 2 unspecified atom stereocenters. The van der Waals surface area contributed by atoms with E-state index < -0.39 is 6.04 Å². The van der Waals surface area contributed by atoms with Gasteiger partial charge in [-0.05, 0) is 35.6 Å². The number of carbonyl (C=O) groups is 1. The highest BCUT2D eigenvalue weighted by Gasteiger charge is 2.32. The van der Waals surface area contributed by atoms with Gasteiger partial charge in [-0.25, -0.2) is 4.98 Å². The molecule has 8 heteroatoms. The molecule has 34 heavy (non-hydrogen) atoms. The Labute approximate surface area is 198 Å². The number of aromatic nitrogens is 2. The summed E-state index contributed by atoms with van der Waals surface area (Å²) in [5.41, 5.74) is 4.11. The van der Waals surface area contributed by atoms with Crippen LogP contribution in [-0.4, -0.2) is 28.5 Å². The number of amides is 1. The van der Waals surface area contributed by atoms with Crippen LogP contribution in [0.3, 0.4) is 0 Å². The highest BCUT2D eigenvalue weighted by Crippen LogP contribution is 2.37. The van der Waals surface area contributed by atoms with Gasteiger partial charge in [0, 0.05) is 23.7 Å². The normalized spacial score (nSPS) is 18.6. The van der Waals surface area contributed by atoms with Crippen LogP contribution in [0.4, 0.5) is 17.2 Å². The first-order chi connectivity index (χ1) is 16.3. The quantitative estimate of drug-likeness (QED) is 0.520. The maximum atomic E-state index is 12.7. The molecule has 0 saturated carbocycles. The number of nitriles is 1. The number of ether oxygens (including phenoxy) is 1. The molecule has 5 rings (SSSR count). The minimum Gasteiger partial charge on any atom is -0.424 e. The van der Waals surface area contributed by atoms with E-state index >= 15 is 0 Å². The van der Waals surface area contributed by atoms with Gasteiger partial charge in [0.15, 0.2) is 5.82 Å². The second-order valence-corrected chi connectivity index (χ2v) is 9.68. The number of benzene rings is 2. The Bertz CT molecular complexity index is 1310. The van der Waals surface area contributed by atoms with Crippen molar-refractivity contribution < 1.29 is 9.53 Å². The van der Waals surface area contributed by atoms with Gasteiger partial charge in [-0.3, -0.25) is 4.79 Å². The highest BCUT2D eigenvalue weighted by molar-refractivity contribution is 6.02. The number of hydrogen-bond donors (Lipinski definition) is 3. The summed E-state index contributed by atoms with van der Waals surface area (Å²) in [6, 6.07) is 15.4. The molecular formula is C26H26N6O2. The van der Waals surface area contributed by atoms with Crippen LogP contribution in [0.1, 0.15) is 49.8 Å². The van der Waals surface area contributed by atoms with E-state index in [0.717, 1.165) is 17.8 Å². The van der Waals surface area contributed by atoms with Gasteiger partial charge in [-0.1, -0.05) is 45.0 Å². The molecule has 2 atom stereocenters. The van der Waals surface area contributed by atoms with E-state index in [1.807, 2.05) is 18.2 Å². The summed E-state index contributed by atoms with van der Waals surface area (Å²) in [5.74, 6) is 1.17. The summed E-state index contributed by atoms with van der Waals surface area (Å²) in [4.78, 5) is 21.6. The van der Waals surface area contributed by atoms with Crippen molar-refractivity contribution in [2.24, 2.45) is 0 Å². The molecule has 2 aliphatic heterocycles. The van der Waals surface area contributed by atoms with E-state index in [1.165, 1.54) is 11.8 Å². The summed E-state index contributed by atoms with van der Waals surface area (Å²) in [6.45, 7) is 7.02. The van der Waals surface area contributed by atoms with Crippen LogP contribution in [0, 0.1) is 11.3 Å². The van der Waals surface area contributed by atoms with Crippen LogP contribution >= 0.6 is 0 Å². The maximum absolute atomic E-state index is 12.7. The smallest absolute Gasteiger partial charge is 0.324 e. The van der Waals surface area contributed by atoms with Gasteiger partial charge in [-0.15, -0.1) is 0 Å². The number of anilines is 3. The van der Waals surface area contributed by atoms with Crippen LogP contribution in [0.25, 0.3) is 0 Å². The van der Waals surface area contributed by atoms with Crippen LogP contribution < -0.4 is 20.7 Å². The molecule has 2 aliphatic rings. The van der Waals surface area contributed by atoms with E-state index in [9.17, 15) is 10.1 Å². The van der Waals surface area contributed by atoms with Crippen molar-refractivity contribution in [1.82, 2.24) is 9.97 Å². The van der Waals surface area contributed by atoms with Gasteiger partial charge in [-0.2, -0.15) is 10.2 Å². The Morgan fingerprint density at radius 2 is 2.00 bits per heavy atom. The van der Waals surface area contributed by atoms with E-state index in [4.69, 9.17) is 4.74 Å². The predicted molar refractivity (Wildman–Crippen MR) is 130 cm³/mol. The first-order valence-electron chi connectivity index (χ1n) is 11.3. The van der Waals surface area contributed by atoms with Crippen LogP contribution in [0.15, 0.2) is 48.7 Å². The molecule has 0 radical (unpaired) electrons. The molecule has 1 amide bonds. The average molecular weight is 455 g/mol. The Kier molecular flexibility index (Phi) is 5.33. The van der Waals surface area contributed by atoms with E-state index in [-0.39, 0.29) is 23.3 Å². The fourth-order valence-corrected chi connectivity index (χ4v) is 4.48. The van der Waals surface area contributed by atoms with Crippen molar-refractivity contribution >= 4 is 23.1 Å². The van der Waals surface area contributed by atoms with Gasteiger partial charge in [0.2, 0.25) is 5.91 Å². The largest absolute Gasteiger partial charge is 0.424 e. The van der Waals surface area contributed by atoms with Crippen LogP contribution in [0.2, 0.25) is 0 Å². The molecule has 172 valence electrons. The van der Waals surface area contributed by atoms with Crippen LogP contribution in [0.5, 0.6) is 11.8 Å². The molecule has 0 bridgehead atoms. The third-order valence-electron chi connectivity index (χ3n) is 6.23. The van der Waals surface area contributed by atoms with Crippen LogP contribution in [-0.2, 0) is 10.2 Å². The van der Waals surface area contributed by atoms with Crippen molar-refractivity contribution in [2.75, 3.05) is 22.5 Å². The first-order valence-corrected chi connectivity index (χ1v) is 11.3. The zero-order valence-corrected chi connectivity index (χ0v) is 19.3. The molecule has 3 heterocycles.